The molecule has 0 atom stereocenters. The minimum absolute atomic E-state index is 0.751. The molecule has 0 spiro atoms. The number of aromatic amines is 1. The summed E-state index contributed by atoms with van der Waals surface area (Å²) in [7, 11) is 0. The topological polar surface area (TPSA) is 42.8 Å². The van der Waals surface area contributed by atoms with Gasteiger partial charge in [-0.25, -0.2) is 0 Å². The first-order chi connectivity index (χ1) is 9.38. The zero-order valence-electron chi connectivity index (χ0n) is 10.9. The highest BCUT2D eigenvalue weighted by molar-refractivity contribution is 5.69. The number of anilines is 1. The van der Waals surface area contributed by atoms with E-state index in [-0.39, 0.29) is 0 Å². The zero-order chi connectivity index (χ0) is 13.1. The van der Waals surface area contributed by atoms with Gasteiger partial charge >= 0.3 is 0 Å². The van der Waals surface area contributed by atoms with Gasteiger partial charge in [-0.05, 0) is 30.9 Å². The third-order valence-electron chi connectivity index (χ3n) is 3.67. The van der Waals surface area contributed by atoms with Gasteiger partial charge in [0, 0.05) is 18.8 Å². The van der Waals surface area contributed by atoms with Crippen LogP contribution in [0.15, 0.2) is 36.4 Å². The first-order valence-electron chi connectivity index (χ1n) is 6.82. The molecule has 1 saturated heterocycles. The third kappa shape index (κ3) is 2.34. The standard InChI is InChI=1S/C16H17N3/c17-12-14-11-15(13-7-3-1-4-8-13)18-16(14)19-9-5-2-6-10-19/h1,3-4,7-8,11,18H,2,5-6,9-10H2. The summed E-state index contributed by atoms with van der Waals surface area (Å²) in [5.74, 6) is 0.987. The monoisotopic (exact) mass is 251 g/mol. The molecule has 1 aliphatic rings. The summed E-state index contributed by atoms with van der Waals surface area (Å²) in [6, 6.07) is 14.4. The maximum Gasteiger partial charge on any atom is 0.124 e. The van der Waals surface area contributed by atoms with Gasteiger partial charge in [-0.2, -0.15) is 5.26 Å². The van der Waals surface area contributed by atoms with Crippen molar-refractivity contribution in [3.63, 3.8) is 0 Å². The largest absolute Gasteiger partial charge is 0.357 e. The Balaban J connectivity index is 1.97. The van der Waals surface area contributed by atoms with Crippen LogP contribution >= 0.6 is 0 Å². The van der Waals surface area contributed by atoms with Crippen molar-refractivity contribution in [1.82, 2.24) is 4.98 Å². The van der Waals surface area contributed by atoms with Gasteiger partial charge in [-0.1, -0.05) is 30.3 Å². The van der Waals surface area contributed by atoms with E-state index in [1.807, 2.05) is 24.3 Å². The van der Waals surface area contributed by atoms with Gasteiger partial charge in [0.25, 0.3) is 0 Å². The molecule has 19 heavy (non-hydrogen) atoms. The Morgan fingerprint density at radius 1 is 1.05 bits per heavy atom. The van der Waals surface area contributed by atoms with Crippen LogP contribution < -0.4 is 4.90 Å². The predicted octanol–water partition coefficient (Wildman–Crippen LogP) is 3.54. The summed E-state index contributed by atoms with van der Waals surface area (Å²) in [5, 5.41) is 9.31. The van der Waals surface area contributed by atoms with Crippen molar-refractivity contribution in [2.75, 3.05) is 18.0 Å². The second-order valence-electron chi connectivity index (χ2n) is 4.97. The minimum atomic E-state index is 0.751. The molecule has 2 heterocycles. The quantitative estimate of drug-likeness (QED) is 0.887. The van der Waals surface area contributed by atoms with E-state index in [2.05, 4.69) is 28.1 Å². The maximum atomic E-state index is 9.31. The average Bonchev–Trinajstić information content (AvgIpc) is 2.93. The lowest BCUT2D eigenvalue weighted by atomic mass is 10.1. The smallest absolute Gasteiger partial charge is 0.124 e. The fourth-order valence-corrected chi connectivity index (χ4v) is 2.67. The number of H-pyrrole nitrogens is 1. The molecule has 1 aromatic heterocycles. The molecule has 3 rings (SSSR count). The molecular formula is C16H17N3. The summed E-state index contributed by atoms with van der Waals surface area (Å²) in [5.41, 5.74) is 2.90. The fourth-order valence-electron chi connectivity index (χ4n) is 2.67. The van der Waals surface area contributed by atoms with E-state index in [0.717, 1.165) is 35.7 Å². The Kier molecular flexibility index (Phi) is 3.24. The van der Waals surface area contributed by atoms with Crippen LogP contribution in [0.3, 0.4) is 0 Å². The molecule has 3 heteroatoms. The molecule has 0 amide bonds. The minimum Gasteiger partial charge on any atom is -0.357 e. The van der Waals surface area contributed by atoms with Crippen molar-refractivity contribution >= 4 is 5.82 Å². The Hall–Kier alpha value is -2.21. The van der Waals surface area contributed by atoms with Crippen LogP contribution in [0.4, 0.5) is 5.82 Å². The van der Waals surface area contributed by atoms with E-state index in [1.165, 1.54) is 19.3 Å². The number of nitrogens with one attached hydrogen (secondary N) is 1. The van der Waals surface area contributed by atoms with Gasteiger partial charge in [-0.15, -0.1) is 0 Å². The van der Waals surface area contributed by atoms with Crippen LogP contribution in [-0.2, 0) is 0 Å². The van der Waals surface area contributed by atoms with Crippen molar-refractivity contribution in [2.45, 2.75) is 19.3 Å². The molecule has 0 saturated carbocycles. The molecule has 0 aliphatic carbocycles. The molecule has 3 nitrogen and oxygen atoms in total. The van der Waals surface area contributed by atoms with Crippen molar-refractivity contribution in [3.8, 4) is 17.3 Å². The van der Waals surface area contributed by atoms with E-state index in [1.54, 1.807) is 0 Å². The van der Waals surface area contributed by atoms with Crippen LogP contribution in [0.5, 0.6) is 0 Å². The highest BCUT2D eigenvalue weighted by Gasteiger charge is 2.17. The van der Waals surface area contributed by atoms with Gasteiger partial charge in [0.05, 0.1) is 5.56 Å². The maximum absolute atomic E-state index is 9.31. The molecule has 1 aliphatic heterocycles. The van der Waals surface area contributed by atoms with Crippen LogP contribution in [0.25, 0.3) is 11.3 Å². The Morgan fingerprint density at radius 3 is 2.47 bits per heavy atom. The SMILES string of the molecule is N#Cc1cc(-c2ccccc2)[nH]c1N1CCCCC1. The Morgan fingerprint density at radius 2 is 1.79 bits per heavy atom. The molecule has 0 radical (unpaired) electrons. The van der Waals surface area contributed by atoms with Crippen molar-refractivity contribution in [2.24, 2.45) is 0 Å². The summed E-state index contributed by atoms with van der Waals surface area (Å²) < 4.78 is 0. The van der Waals surface area contributed by atoms with Crippen molar-refractivity contribution < 1.29 is 0 Å². The van der Waals surface area contributed by atoms with Crippen LogP contribution in [0, 0.1) is 11.3 Å². The Bertz CT molecular complexity index is 586. The van der Waals surface area contributed by atoms with Gasteiger partial charge < -0.3 is 9.88 Å². The van der Waals surface area contributed by atoms with E-state index < -0.39 is 0 Å². The van der Waals surface area contributed by atoms with E-state index >= 15 is 0 Å². The van der Waals surface area contributed by atoms with Gasteiger partial charge in [0.1, 0.15) is 11.9 Å². The molecule has 0 bridgehead atoms. The predicted molar refractivity (Wildman–Crippen MR) is 77.0 cm³/mol. The molecule has 1 aromatic carbocycles. The molecule has 0 unspecified atom stereocenters. The van der Waals surface area contributed by atoms with Gasteiger partial charge in [-0.3, -0.25) is 0 Å². The number of hydrogen-bond acceptors (Lipinski definition) is 2. The number of hydrogen-bond donors (Lipinski definition) is 1. The molecular weight excluding hydrogens is 234 g/mol. The molecule has 1 N–H and O–H groups in total. The number of piperidine rings is 1. The first-order valence-corrected chi connectivity index (χ1v) is 6.82. The zero-order valence-corrected chi connectivity index (χ0v) is 10.9. The van der Waals surface area contributed by atoms with Crippen LogP contribution in [0.1, 0.15) is 24.8 Å². The second-order valence-corrected chi connectivity index (χ2v) is 4.97. The molecule has 2 aromatic rings. The van der Waals surface area contributed by atoms with Crippen LogP contribution in [0.2, 0.25) is 0 Å². The molecule has 96 valence electrons. The van der Waals surface area contributed by atoms with Gasteiger partial charge in [0.2, 0.25) is 0 Å². The number of rotatable bonds is 2. The highest BCUT2D eigenvalue weighted by atomic mass is 15.2. The summed E-state index contributed by atoms with van der Waals surface area (Å²) in [4.78, 5) is 5.72. The lowest BCUT2D eigenvalue weighted by molar-refractivity contribution is 0.574. The summed E-state index contributed by atoms with van der Waals surface area (Å²) >= 11 is 0. The number of benzene rings is 1. The lowest BCUT2D eigenvalue weighted by Gasteiger charge is -2.27. The third-order valence-corrected chi connectivity index (χ3v) is 3.67. The summed E-state index contributed by atoms with van der Waals surface area (Å²) in [6.07, 6.45) is 3.72. The second kappa shape index (κ2) is 5.19. The normalized spacial score (nSPS) is 15.2. The van der Waals surface area contributed by atoms with E-state index in [9.17, 15) is 5.26 Å². The number of aromatic nitrogens is 1. The van der Waals surface area contributed by atoms with Crippen molar-refractivity contribution in [1.29, 1.82) is 5.26 Å². The molecule has 1 fully saturated rings. The van der Waals surface area contributed by atoms with Gasteiger partial charge in [0.15, 0.2) is 0 Å². The fraction of sp³-hybridized carbons (Fsp3) is 0.312. The highest BCUT2D eigenvalue weighted by Crippen LogP contribution is 2.28. The number of nitrogens with zero attached hydrogens (tertiary/aromatic N) is 2. The average molecular weight is 251 g/mol. The Labute approximate surface area is 113 Å². The van der Waals surface area contributed by atoms with Crippen LogP contribution in [-0.4, -0.2) is 18.1 Å². The van der Waals surface area contributed by atoms with Crippen molar-refractivity contribution in [3.05, 3.63) is 42.0 Å². The van der Waals surface area contributed by atoms with E-state index in [4.69, 9.17) is 0 Å². The number of nitriles is 1. The summed E-state index contributed by atoms with van der Waals surface area (Å²) in [6.45, 7) is 2.09. The lowest BCUT2D eigenvalue weighted by Crippen LogP contribution is -2.30. The first kappa shape index (κ1) is 11.9. The van der Waals surface area contributed by atoms with E-state index in [0.29, 0.717) is 0 Å².